The maximum atomic E-state index is 13.3. The van der Waals surface area contributed by atoms with Gasteiger partial charge < -0.3 is 9.88 Å². The van der Waals surface area contributed by atoms with Crippen molar-refractivity contribution in [2.75, 3.05) is 0 Å². The summed E-state index contributed by atoms with van der Waals surface area (Å²) in [6, 6.07) is 17.6. The summed E-state index contributed by atoms with van der Waals surface area (Å²) in [6.45, 7) is 0.359. The van der Waals surface area contributed by atoms with E-state index in [9.17, 15) is 18.0 Å². The molecule has 2 aromatic heterocycles. The molecule has 0 saturated carbocycles. The predicted octanol–water partition coefficient (Wildman–Crippen LogP) is 5.48. The number of para-hydroxylation sites is 1. The van der Waals surface area contributed by atoms with E-state index in [2.05, 4.69) is 10.4 Å². The fourth-order valence-corrected chi connectivity index (χ4v) is 3.49. The minimum absolute atomic E-state index is 0.209. The Morgan fingerprint density at radius 2 is 1.78 bits per heavy atom. The standard InChI is InChI=1S/C23H18ClF3N4O/c1-30-12-4-5-17(30)14-28-22(32)16-10-8-15(9-11-16)20-13-21(23(25,26)27)29-31(20)19-7-3-2-6-18(19)24/h2-13H,14H2,1H3,(H,28,32). The van der Waals surface area contributed by atoms with Gasteiger partial charge in [-0.1, -0.05) is 35.9 Å². The molecule has 0 spiro atoms. The van der Waals surface area contributed by atoms with Crippen LogP contribution in [0.2, 0.25) is 5.02 Å². The van der Waals surface area contributed by atoms with E-state index in [0.717, 1.165) is 16.4 Å². The highest BCUT2D eigenvalue weighted by atomic mass is 35.5. The van der Waals surface area contributed by atoms with E-state index in [1.807, 2.05) is 29.9 Å². The van der Waals surface area contributed by atoms with Crippen LogP contribution in [-0.2, 0) is 19.8 Å². The topological polar surface area (TPSA) is 51.9 Å². The number of hydrogen-bond donors (Lipinski definition) is 1. The molecule has 2 heterocycles. The van der Waals surface area contributed by atoms with Crippen LogP contribution >= 0.6 is 11.6 Å². The van der Waals surface area contributed by atoms with Crippen molar-refractivity contribution < 1.29 is 18.0 Å². The molecule has 32 heavy (non-hydrogen) atoms. The van der Waals surface area contributed by atoms with Crippen molar-refractivity contribution in [3.63, 3.8) is 0 Å². The van der Waals surface area contributed by atoms with Gasteiger partial charge in [-0.25, -0.2) is 4.68 Å². The van der Waals surface area contributed by atoms with Crippen molar-refractivity contribution in [1.82, 2.24) is 19.7 Å². The first-order valence-electron chi connectivity index (χ1n) is 9.65. The van der Waals surface area contributed by atoms with Crippen LogP contribution in [0.15, 0.2) is 72.9 Å². The van der Waals surface area contributed by atoms with Crippen LogP contribution < -0.4 is 5.32 Å². The summed E-state index contributed by atoms with van der Waals surface area (Å²) < 4.78 is 43.1. The molecule has 0 saturated heterocycles. The quantitative estimate of drug-likeness (QED) is 0.430. The van der Waals surface area contributed by atoms with Gasteiger partial charge >= 0.3 is 6.18 Å². The zero-order valence-corrected chi connectivity index (χ0v) is 17.7. The average Bonchev–Trinajstić information content (AvgIpc) is 3.39. The minimum atomic E-state index is -4.61. The van der Waals surface area contributed by atoms with Gasteiger partial charge in [0.05, 0.1) is 22.9 Å². The molecule has 0 radical (unpaired) electrons. The Bertz CT molecular complexity index is 1260. The lowest BCUT2D eigenvalue weighted by molar-refractivity contribution is -0.141. The number of hydrogen-bond acceptors (Lipinski definition) is 2. The molecule has 0 fully saturated rings. The van der Waals surface area contributed by atoms with Crippen molar-refractivity contribution >= 4 is 17.5 Å². The van der Waals surface area contributed by atoms with Crippen LogP contribution in [0.5, 0.6) is 0 Å². The molecule has 5 nitrogen and oxygen atoms in total. The number of carbonyl (C=O) groups is 1. The molecule has 0 bridgehead atoms. The second-order valence-corrected chi connectivity index (χ2v) is 7.55. The number of nitrogens with zero attached hydrogens (tertiary/aromatic N) is 3. The summed E-state index contributed by atoms with van der Waals surface area (Å²) in [6.07, 6.45) is -2.73. The van der Waals surface area contributed by atoms with E-state index >= 15 is 0 Å². The van der Waals surface area contributed by atoms with Gasteiger partial charge in [-0.05, 0) is 42.5 Å². The molecule has 164 valence electrons. The zero-order chi connectivity index (χ0) is 22.9. The Morgan fingerprint density at radius 3 is 2.41 bits per heavy atom. The van der Waals surface area contributed by atoms with Crippen LogP contribution in [0, 0.1) is 0 Å². The summed E-state index contributed by atoms with van der Waals surface area (Å²) in [5.41, 5.74) is 1.30. The van der Waals surface area contributed by atoms with E-state index in [1.165, 1.54) is 0 Å². The highest BCUT2D eigenvalue weighted by Crippen LogP contribution is 2.34. The minimum Gasteiger partial charge on any atom is -0.353 e. The Kier molecular flexibility index (Phi) is 5.80. The van der Waals surface area contributed by atoms with Crippen molar-refractivity contribution in [2.45, 2.75) is 12.7 Å². The first kappa shape index (κ1) is 21.7. The second kappa shape index (κ2) is 8.55. The highest BCUT2D eigenvalue weighted by molar-refractivity contribution is 6.32. The molecule has 0 atom stereocenters. The van der Waals surface area contributed by atoms with Crippen molar-refractivity contribution in [1.29, 1.82) is 0 Å². The second-order valence-electron chi connectivity index (χ2n) is 7.15. The third-order valence-corrected chi connectivity index (χ3v) is 5.32. The molecule has 2 aromatic carbocycles. The van der Waals surface area contributed by atoms with E-state index in [1.54, 1.807) is 48.5 Å². The number of rotatable bonds is 5. The van der Waals surface area contributed by atoms with Gasteiger partial charge in [-0.3, -0.25) is 4.79 Å². The molecule has 1 N–H and O–H groups in total. The summed E-state index contributed by atoms with van der Waals surface area (Å²) in [5.74, 6) is -0.284. The predicted molar refractivity (Wildman–Crippen MR) is 116 cm³/mol. The van der Waals surface area contributed by atoms with Crippen LogP contribution in [-0.4, -0.2) is 20.3 Å². The maximum absolute atomic E-state index is 13.3. The summed E-state index contributed by atoms with van der Waals surface area (Å²) in [5, 5.41) is 6.83. The molecular formula is C23H18ClF3N4O. The lowest BCUT2D eigenvalue weighted by atomic mass is 10.1. The molecule has 9 heteroatoms. The normalized spacial score (nSPS) is 11.5. The Balaban J connectivity index is 1.63. The SMILES string of the molecule is Cn1cccc1CNC(=O)c1ccc(-c2cc(C(F)(F)F)nn2-c2ccccc2Cl)cc1. The first-order valence-corrected chi connectivity index (χ1v) is 10.0. The van der Waals surface area contributed by atoms with Crippen LogP contribution in [0.1, 0.15) is 21.7 Å². The number of halogens is 4. The van der Waals surface area contributed by atoms with E-state index in [4.69, 9.17) is 11.6 Å². The third-order valence-electron chi connectivity index (χ3n) is 5.00. The fraction of sp³-hybridized carbons (Fsp3) is 0.130. The lowest BCUT2D eigenvalue weighted by Crippen LogP contribution is -2.23. The molecule has 0 aliphatic rings. The molecule has 4 aromatic rings. The van der Waals surface area contributed by atoms with Crippen molar-refractivity contribution in [3.05, 3.63) is 94.9 Å². The van der Waals surface area contributed by atoms with Crippen LogP contribution in [0.25, 0.3) is 16.9 Å². The summed E-state index contributed by atoms with van der Waals surface area (Å²) in [4.78, 5) is 12.5. The Hall–Kier alpha value is -3.52. The van der Waals surface area contributed by atoms with Gasteiger partial charge in [-0.2, -0.15) is 18.3 Å². The number of nitrogens with one attached hydrogen (secondary N) is 1. The number of aromatic nitrogens is 3. The van der Waals surface area contributed by atoms with Gasteiger partial charge in [0, 0.05) is 30.1 Å². The molecule has 0 aliphatic heterocycles. The first-order chi connectivity index (χ1) is 15.2. The van der Waals surface area contributed by atoms with E-state index in [0.29, 0.717) is 23.4 Å². The van der Waals surface area contributed by atoms with Gasteiger partial charge in [0.1, 0.15) is 0 Å². The van der Waals surface area contributed by atoms with Gasteiger partial charge in [0.15, 0.2) is 5.69 Å². The maximum Gasteiger partial charge on any atom is 0.435 e. The number of benzene rings is 2. The smallest absolute Gasteiger partial charge is 0.353 e. The van der Waals surface area contributed by atoms with Crippen molar-refractivity contribution in [3.8, 4) is 16.9 Å². The Morgan fingerprint density at radius 1 is 1.06 bits per heavy atom. The molecule has 1 amide bonds. The summed E-state index contributed by atoms with van der Waals surface area (Å²) in [7, 11) is 1.88. The molecule has 0 aliphatic carbocycles. The monoisotopic (exact) mass is 458 g/mol. The van der Waals surface area contributed by atoms with Gasteiger partial charge in [0.2, 0.25) is 0 Å². The summed E-state index contributed by atoms with van der Waals surface area (Å²) >= 11 is 6.20. The zero-order valence-electron chi connectivity index (χ0n) is 16.9. The van der Waals surface area contributed by atoms with E-state index in [-0.39, 0.29) is 16.6 Å². The third kappa shape index (κ3) is 4.40. The number of amides is 1. The molecule has 0 unspecified atom stereocenters. The largest absolute Gasteiger partial charge is 0.435 e. The Labute approximate surface area is 187 Å². The number of carbonyl (C=O) groups excluding carboxylic acids is 1. The highest BCUT2D eigenvalue weighted by Gasteiger charge is 2.35. The van der Waals surface area contributed by atoms with Crippen LogP contribution in [0.3, 0.4) is 0 Å². The van der Waals surface area contributed by atoms with E-state index < -0.39 is 11.9 Å². The van der Waals surface area contributed by atoms with Crippen LogP contribution in [0.4, 0.5) is 13.2 Å². The molecular weight excluding hydrogens is 441 g/mol. The van der Waals surface area contributed by atoms with Gasteiger partial charge in [0.25, 0.3) is 5.91 Å². The van der Waals surface area contributed by atoms with Crippen molar-refractivity contribution in [2.24, 2.45) is 7.05 Å². The molecule has 4 rings (SSSR count). The average molecular weight is 459 g/mol. The van der Waals surface area contributed by atoms with Gasteiger partial charge in [-0.15, -0.1) is 0 Å². The number of aryl methyl sites for hydroxylation is 1. The lowest BCUT2D eigenvalue weighted by Gasteiger charge is -2.10. The fourth-order valence-electron chi connectivity index (χ4n) is 3.28. The number of alkyl halides is 3.